The third kappa shape index (κ3) is 5.84. The normalized spacial score (nSPS) is 9.84. The summed E-state index contributed by atoms with van der Waals surface area (Å²) < 4.78 is 0. The molecule has 0 radical (unpaired) electrons. The van der Waals surface area contributed by atoms with Crippen molar-refractivity contribution in [3.8, 4) is 22.5 Å². The fraction of sp³-hybridized carbons (Fsp3) is 0.190. The highest BCUT2D eigenvalue weighted by atomic mass is 16.4. The van der Waals surface area contributed by atoms with Gasteiger partial charge in [-0.15, -0.1) is 0 Å². The smallest absolute Gasteiger partial charge is 0.159 e. The topological polar surface area (TPSA) is 65.9 Å². The molecule has 2 aromatic carbocycles. The van der Waals surface area contributed by atoms with Crippen LogP contribution in [0.25, 0.3) is 22.5 Å². The maximum Gasteiger partial charge on any atom is 0.159 e. The van der Waals surface area contributed by atoms with Crippen molar-refractivity contribution < 1.29 is 9.90 Å². The summed E-state index contributed by atoms with van der Waals surface area (Å²) in [5, 5.41) is 8.89. The van der Waals surface area contributed by atoms with E-state index in [0.717, 1.165) is 31.2 Å². The van der Waals surface area contributed by atoms with Crippen LogP contribution in [-0.4, -0.2) is 15.9 Å². The summed E-state index contributed by atoms with van der Waals surface area (Å²) >= 11 is 0. The second-order valence-electron chi connectivity index (χ2n) is 5.60. The molecule has 1 aromatic heterocycles. The largest absolute Gasteiger partial charge is 0.550 e. The molecule has 0 aliphatic heterocycles. The molecule has 4 nitrogen and oxygen atoms in total. The first kappa shape index (κ1) is 18.3. The highest BCUT2D eigenvalue weighted by Gasteiger charge is 2.02. The highest BCUT2D eigenvalue weighted by Crippen LogP contribution is 2.22. The first-order valence-corrected chi connectivity index (χ1v) is 8.24. The van der Waals surface area contributed by atoms with Crippen LogP contribution in [0.15, 0.2) is 67.0 Å². The van der Waals surface area contributed by atoms with E-state index in [0.29, 0.717) is 0 Å². The minimum atomic E-state index is -1.08. The van der Waals surface area contributed by atoms with Crippen LogP contribution in [0.3, 0.4) is 0 Å². The van der Waals surface area contributed by atoms with Crippen molar-refractivity contribution >= 4 is 5.97 Å². The summed E-state index contributed by atoms with van der Waals surface area (Å²) in [6.07, 6.45) is 6.01. The number of carbonyl (C=O) groups is 1. The highest BCUT2D eigenvalue weighted by molar-refractivity contribution is 5.67. The van der Waals surface area contributed by atoms with Gasteiger partial charge in [0.2, 0.25) is 0 Å². The number of carboxylic acid groups (broad SMARTS) is 1. The van der Waals surface area contributed by atoms with Gasteiger partial charge in [0.15, 0.2) is 5.82 Å². The molecule has 1 heterocycles. The predicted octanol–water partition coefficient (Wildman–Crippen LogP) is 3.52. The Bertz CT molecular complexity index is 778. The minimum Gasteiger partial charge on any atom is -0.550 e. The zero-order valence-electron chi connectivity index (χ0n) is 14.5. The number of rotatable bonds is 4. The fourth-order valence-corrected chi connectivity index (χ4v) is 2.36. The minimum absolute atomic E-state index is 0.787. The Hall–Kier alpha value is -3.01. The van der Waals surface area contributed by atoms with Crippen molar-refractivity contribution in [2.24, 2.45) is 0 Å². The summed E-state index contributed by atoms with van der Waals surface area (Å²) in [4.78, 5) is 17.8. The van der Waals surface area contributed by atoms with E-state index in [2.05, 4.69) is 65.4 Å². The molecule has 0 fully saturated rings. The lowest BCUT2D eigenvalue weighted by molar-refractivity contribution is -0.302. The summed E-state index contributed by atoms with van der Waals surface area (Å²) in [7, 11) is 0. The Morgan fingerprint density at radius 3 is 1.88 bits per heavy atom. The third-order valence-corrected chi connectivity index (χ3v) is 3.49. The van der Waals surface area contributed by atoms with Crippen molar-refractivity contribution in [2.75, 3.05) is 0 Å². The van der Waals surface area contributed by atoms with Gasteiger partial charge < -0.3 is 9.90 Å². The molecule has 0 spiro atoms. The van der Waals surface area contributed by atoms with Crippen LogP contribution in [0.1, 0.15) is 25.8 Å². The Morgan fingerprint density at radius 1 is 0.880 bits per heavy atom. The quantitative estimate of drug-likeness (QED) is 0.733. The standard InChI is InChI=1S/C19H18N2.C2H4O2/c1-2-6-15-13-20-19(21-14-15)18-11-9-17(10-12-18)16-7-4-3-5-8-16;1-2(3)4/h3-5,7-14H,2,6H2,1H3;1H3,(H,3,4)/p-1. The monoisotopic (exact) mass is 333 g/mol. The molecule has 0 amide bonds. The molecule has 0 aliphatic carbocycles. The predicted molar refractivity (Wildman–Crippen MR) is 97.6 cm³/mol. The number of nitrogens with zero attached hydrogens (tertiary/aromatic N) is 2. The molecule has 4 heteroatoms. The number of aromatic nitrogens is 2. The van der Waals surface area contributed by atoms with Gasteiger partial charge in [-0.05, 0) is 30.0 Å². The van der Waals surface area contributed by atoms with E-state index in [1.165, 1.54) is 16.7 Å². The fourth-order valence-electron chi connectivity index (χ4n) is 2.36. The maximum atomic E-state index is 8.89. The zero-order chi connectivity index (χ0) is 18.1. The molecular formula is C21H21N2O2-. The van der Waals surface area contributed by atoms with Crippen molar-refractivity contribution in [3.05, 3.63) is 72.6 Å². The molecule has 0 saturated heterocycles. The van der Waals surface area contributed by atoms with Crippen LogP contribution < -0.4 is 5.11 Å². The van der Waals surface area contributed by atoms with E-state index < -0.39 is 5.97 Å². The van der Waals surface area contributed by atoms with Crippen LogP contribution >= 0.6 is 0 Å². The molecule has 128 valence electrons. The van der Waals surface area contributed by atoms with Crippen LogP contribution in [-0.2, 0) is 11.2 Å². The van der Waals surface area contributed by atoms with Crippen molar-refractivity contribution in [1.82, 2.24) is 9.97 Å². The van der Waals surface area contributed by atoms with Crippen LogP contribution in [0.2, 0.25) is 0 Å². The number of hydrogen-bond acceptors (Lipinski definition) is 4. The van der Waals surface area contributed by atoms with Crippen LogP contribution in [0.5, 0.6) is 0 Å². The van der Waals surface area contributed by atoms with Crippen molar-refractivity contribution in [1.29, 1.82) is 0 Å². The Morgan fingerprint density at radius 2 is 1.36 bits per heavy atom. The SMILES string of the molecule is CC(=O)[O-].CCCc1cnc(-c2ccc(-c3ccccc3)cc2)nc1. The molecule has 3 aromatic rings. The lowest BCUT2D eigenvalue weighted by Crippen LogP contribution is -2.16. The van der Waals surface area contributed by atoms with Crippen molar-refractivity contribution in [3.63, 3.8) is 0 Å². The first-order chi connectivity index (χ1) is 12.1. The van der Waals surface area contributed by atoms with E-state index >= 15 is 0 Å². The van der Waals surface area contributed by atoms with Crippen LogP contribution in [0, 0.1) is 0 Å². The molecule has 0 saturated carbocycles. The number of carbonyl (C=O) groups excluding carboxylic acids is 1. The zero-order valence-corrected chi connectivity index (χ0v) is 14.5. The van der Waals surface area contributed by atoms with E-state index in [9.17, 15) is 0 Å². The third-order valence-electron chi connectivity index (χ3n) is 3.49. The molecule has 25 heavy (non-hydrogen) atoms. The molecule has 0 N–H and O–H groups in total. The van der Waals surface area contributed by atoms with Gasteiger partial charge in [-0.25, -0.2) is 9.97 Å². The van der Waals surface area contributed by atoms with Gasteiger partial charge in [-0.1, -0.05) is 67.9 Å². The molecule has 3 rings (SSSR count). The average molecular weight is 333 g/mol. The Labute approximate surface area is 148 Å². The van der Waals surface area contributed by atoms with Gasteiger partial charge in [0.1, 0.15) is 0 Å². The number of aliphatic carboxylic acids is 1. The average Bonchev–Trinajstić information content (AvgIpc) is 2.63. The van der Waals surface area contributed by atoms with E-state index in [1.54, 1.807) is 0 Å². The number of benzene rings is 2. The van der Waals surface area contributed by atoms with Gasteiger partial charge in [0.25, 0.3) is 0 Å². The van der Waals surface area contributed by atoms with E-state index in [-0.39, 0.29) is 0 Å². The summed E-state index contributed by atoms with van der Waals surface area (Å²) in [6.45, 7) is 3.14. The summed E-state index contributed by atoms with van der Waals surface area (Å²) in [5.74, 6) is -0.297. The first-order valence-electron chi connectivity index (χ1n) is 8.24. The number of carboxylic acids is 1. The second kappa shape index (κ2) is 9.33. The number of hydrogen-bond donors (Lipinski definition) is 0. The molecular weight excluding hydrogens is 312 g/mol. The molecule has 0 atom stereocenters. The van der Waals surface area contributed by atoms with Gasteiger partial charge in [-0.2, -0.15) is 0 Å². The molecule has 0 bridgehead atoms. The Kier molecular flexibility index (Phi) is 6.84. The molecule has 0 unspecified atom stereocenters. The summed E-state index contributed by atoms with van der Waals surface area (Å²) in [5.41, 5.74) is 4.69. The lowest BCUT2D eigenvalue weighted by Gasteiger charge is -2.04. The van der Waals surface area contributed by atoms with Gasteiger partial charge >= 0.3 is 0 Å². The summed E-state index contributed by atoms with van der Waals surface area (Å²) in [6, 6.07) is 18.8. The number of aryl methyl sites for hydroxylation is 1. The van der Waals surface area contributed by atoms with Gasteiger partial charge in [0, 0.05) is 23.9 Å². The second-order valence-corrected chi connectivity index (χ2v) is 5.60. The molecule has 0 aliphatic rings. The lowest BCUT2D eigenvalue weighted by atomic mass is 10.0. The van der Waals surface area contributed by atoms with Crippen LogP contribution in [0.4, 0.5) is 0 Å². The van der Waals surface area contributed by atoms with Gasteiger partial charge in [0.05, 0.1) is 0 Å². The maximum absolute atomic E-state index is 8.89. The van der Waals surface area contributed by atoms with E-state index in [4.69, 9.17) is 9.90 Å². The van der Waals surface area contributed by atoms with Gasteiger partial charge in [-0.3, -0.25) is 0 Å². The van der Waals surface area contributed by atoms with E-state index in [1.807, 2.05) is 18.5 Å². The Balaban J connectivity index is 0.000000511. The van der Waals surface area contributed by atoms with Crippen molar-refractivity contribution in [2.45, 2.75) is 26.7 Å².